The van der Waals surface area contributed by atoms with E-state index in [1.54, 1.807) is 7.11 Å². The van der Waals surface area contributed by atoms with Crippen LogP contribution in [0.3, 0.4) is 0 Å². The average Bonchev–Trinajstić information content (AvgIpc) is 2.38. The monoisotopic (exact) mass is 261 g/mol. The van der Waals surface area contributed by atoms with E-state index in [1.807, 2.05) is 0 Å². The van der Waals surface area contributed by atoms with Crippen molar-refractivity contribution in [2.24, 2.45) is 0 Å². The Hall–Kier alpha value is -1.02. The number of unbranched alkanes of at least 4 members (excludes halogenated alkanes) is 1. The highest BCUT2D eigenvalue weighted by Crippen LogP contribution is 2.38. The van der Waals surface area contributed by atoms with Crippen LogP contribution < -0.4 is 10.1 Å². The fourth-order valence-electron chi connectivity index (χ4n) is 3.18. The lowest BCUT2D eigenvalue weighted by Gasteiger charge is -2.38. The number of hydrogen-bond donors (Lipinski definition) is 1. The lowest BCUT2D eigenvalue weighted by Crippen LogP contribution is -2.41. The van der Waals surface area contributed by atoms with E-state index in [2.05, 4.69) is 44.3 Å². The molecule has 1 aromatic rings. The van der Waals surface area contributed by atoms with Gasteiger partial charge in [-0.25, -0.2) is 0 Å². The van der Waals surface area contributed by atoms with Crippen LogP contribution in [-0.4, -0.2) is 19.7 Å². The molecule has 19 heavy (non-hydrogen) atoms. The van der Waals surface area contributed by atoms with E-state index >= 15 is 0 Å². The minimum atomic E-state index is 0.228. The number of hydrogen-bond acceptors (Lipinski definition) is 2. The molecule has 0 saturated carbocycles. The summed E-state index contributed by atoms with van der Waals surface area (Å²) in [6, 6.07) is 7.16. The predicted molar refractivity (Wildman–Crippen MR) is 81.0 cm³/mol. The lowest BCUT2D eigenvalue weighted by molar-refractivity contribution is 0.339. The topological polar surface area (TPSA) is 21.3 Å². The summed E-state index contributed by atoms with van der Waals surface area (Å²) in [6.07, 6.45) is 4.88. The predicted octanol–water partition coefficient (Wildman–Crippen LogP) is 3.68. The number of methoxy groups -OCH3 is 1. The maximum atomic E-state index is 5.36. The van der Waals surface area contributed by atoms with Crippen molar-refractivity contribution in [1.29, 1.82) is 0 Å². The highest BCUT2D eigenvalue weighted by Gasteiger charge is 2.32. The zero-order chi connectivity index (χ0) is 13.9. The van der Waals surface area contributed by atoms with Crippen LogP contribution in [0.15, 0.2) is 18.2 Å². The van der Waals surface area contributed by atoms with Gasteiger partial charge in [0.05, 0.1) is 7.11 Å². The van der Waals surface area contributed by atoms with Gasteiger partial charge in [0, 0.05) is 6.04 Å². The summed E-state index contributed by atoms with van der Waals surface area (Å²) >= 11 is 0. The molecule has 2 nitrogen and oxygen atoms in total. The Morgan fingerprint density at radius 2 is 2.16 bits per heavy atom. The summed E-state index contributed by atoms with van der Waals surface area (Å²) in [6.45, 7) is 8.08. The van der Waals surface area contributed by atoms with E-state index < -0.39 is 0 Å². The number of benzene rings is 1. The zero-order valence-electron chi connectivity index (χ0n) is 12.8. The number of nitrogens with one attached hydrogen (secondary N) is 1. The standard InChI is InChI=1S/C17H27NO/c1-5-6-9-18-14-10-13-7-8-15(19-4)11-16(13)17(2,3)12-14/h7-8,11,14,18H,5-6,9-10,12H2,1-4H3. The largest absolute Gasteiger partial charge is 0.497 e. The Labute approximate surface area is 117 Å². The average molecular weight is 261 g/mol. The summed E-state index contributed by atoms with van der Waals surface area (Å²) < 4.78 is 5.36. The Morgan fingerprint density at radius 3 is 2.84 bits per heavy atom. The van der Waals surface area contributed by atoms with Crippen LogP contribution in [-0.2, 0) is 11.8 Å². The molecule has 1 unspecified atom stereocenters. The van der Waals surface area contributed by atoms with E-state index in [9.17, 15) is 0 Å². The highest BCUT2D eigenvalue weighted by molar-refractivity contribution is 5.42. The third kappa shape index (κ3) is 3.30. The maximum Gasteiger partial charge on any atom is 0.119 e. The lowest BCUT2D eigenvalue weighted by atomic mass is 9.70. The Bertz CT molecular complexity index is 425. The van der Waals surface area contributed by atoms with Gasteiger partial charge in [0.1, 0.15) is 5.75 Å². The third-order valence-electron chi connectivity index (χ3n) is 4.23. The minimum Gasteiger partial charge on any atom is -0.497 e. The van der Waals surface area contributed by atoms with Gasteiger partial charge in [-0.05, 0) is 54.5 Å². The second kappa shape index (κ2) is 5.96. The molecular formula is C17H27NO. The van der Waals surface area contributed by atoms with Crippen LogP contribution in [0.4, 0.5) is 0 Å². The number of ether oxygens (including phenoxy) is 1. The molecule has 0 fully saturated rings. The third-order valence-corrected chi connectivity index (χ3v) is 4.23. The molecule has 106 valence electrons. The van der Waals surface area contributed by atoms with Gasteiger partial charge in [0.15, 0.2) is 0 Å². The molecule has 0 bridgehead atoms. The van der Waals surface area contributed by atoms with Gasteiger partial charge in [-0.1, -0.05) is 33.3 Å². The molecule has 2 rings (SSSR count). The first-order chi connectivity index (χ1) is 9.06. The first-order valence-electron chi connectivity index (χ1n) is 7.47. The first kappa shape index (κ1) is 14.4. The fourth-order valence-corrected chi connectivity index (χ4v) is 3.18. The summed E-state index contributed by atoms with van der Waals surface area (Å²) in [5.74, 6) is 0.976. The molecule has 1 N–H and O–H groups in total. The van der Waals surface area contributed by atoms with E-state index in [4.69, 9.17) is 4.74 Å². The van der Waals surface area contributed by atoms with Gasteiger partial charge in [0.25, 0.3) is 0 Å². The van der Waals surface area contributed by atoms with Crippen molar-refractivity contribution in [3.8, 4) is 5.75 Å². The summed E-state index contributed by atoms with van der Waals surface area (Å²) in [5.41, 5.74) is 3.16. The molecule has 0 amide bonds. The number of fused-ring (bicyclic) bond motifs is 1. The van der Waals surface area contributed by atoms with Crippen molar-refractivity contribution in [2.45, 2.75) is 57.9 Å². The normalized spacial score (nSPS) is 20.9. The van der Waals surface area contributed by atoms with Crippen molar-refractivity contribution in [3.63, 3.8) is 0 Å². The molecule has 2 heteroatoms. The Morgan fingerprint density at radius 1 is 1.37 bits per heavy atom. The van der Waals surface area contributed by atoms with Crippen LogP contribution in [0.2, 0.25) is 0 Å². The molecule has 0 heterocycles. The van der Waals surface area contributed by atoms with Crippen LogP contribution in [0, 0.1) is 0 Å². The molecule has 1 aliphatic rings. The Balaban J connectivity index is 2.15. The van der Waals surface area contributed by atoms with Gasteiger partial charge in [-0.2, -0.15) is 0 Å². The molecule has 0 spiro atoms. The molecule has 1 aromatic carbocycles. The molecule has 1 aliphatic carbocycles. The second-order valence-electron chi connectivity index (χ2n) is 6.32. The molecule has 0 saturated heterocycles. The van der Waals surface area contributed by atoms with E-state index in [1.165, 1.54) is 30.4 Å². The molecule has 0 radical (unpaired) electrons. The van der Waals surface area contributed by atoms with Crippen molar-refractivity contribution < 1.29 is 4.74 Å². The van der Waals surface area contributed by atoms with E-state index in [-0.39, 0.29) is 5.41 Å². The van der Waals surface area contributed by atoms with Crippen LogP contribution >= 0.6 is 0 Å². The molecule has 0 aromatic heterocycles. The highest BCUT2D eigenvalue weighted by atomic mass is 16.5. The minimum absolute atomic E-state index is 0.228. The van der Waals surface area contributed by atoms with E-state index in [0.29, 0.717) is 6.04 Å². The van der Waals surface area contributed by atoms with E-state index in [0.717, 1.165) is 18.7 Å². The Kier molecular flexibility index (Phi) is 4.51. The van der Waals surface area contributed by atoms with Gasteiger partial charge >= 0.3 is 0 Å². The summed E-state index contributed by atoms with van der Waals surface area (Å²) in [5, 5.41) is 3.72. The summed E-state index contributed by atoms with van der Waals surface area (Å²) in [4.78, 5) is 0. The van der Waals surface area contributed by atoms with Crippen molar-refractivity contribution in [3.05, 3.63) is 29.3 Å². The van der Waals surface area contributed by atoms with Gasteiger partial charge in [0.2, 0.25) is 0 Å². The number of rotatable bonds is 5. The van der Waals surface area contributed by atoms with Gasteiger partial charge in [-0.3, -0.25) is 0 Å². The van der Waals surface area contributed by atoms with Crippen LogP contribution in [0.25, 0.3) is 0 Å². The SMILES string of the molecule is CCCCNC1Cc2ccc(OC)cc2C(C)(C)C1. The van der Waals surface area contributed by atoms with Crippen molar-refractivity contribution in [2.75, 3.05) is 13.7 Å². The van der Waals surface area contributed by atoms with Crippen molar-refractivity contribution in [1.82, 2.24) is 5.32 Å². The molecule has 1 atom stereocenters. The van der Waals surface area contributed by atoms with Crippen LogP contribution in [0.5, 0.6) is 5.75 Å². The maximum absolute atomic E-state index is 5.36. The van der Waals surface area contributed by atoms with Crippen molar-refractivity contribution >= 4 is 0 Å². The zero-order valence-corrected chi connectivity index (χ0v) is 12.8. The smallest absolute Gasteiger partial charge is 0.119 e. The molecular weight excluding hydrogens is 234 g/mol. The quantitative estimate of drug-likeness (QED) is 0.816. The fraction of sp³-hybridized carbons (Fsp3) is 0.647. The van der Waals surface area contributed by atoms with Gasteiger partial charge in [-0.15, -0.1) is 0 Å². The van der Waals surface area contributed by atoms with Gasteiger partial charge < -0.3 is 10.1 Å². The summed E-state index contributed by atoms with van der Waals surface area (Å²) in [7, 11) is 1.74. The van der Waals surface area contributed by atoms with Crippen LogP contribution in [0.1, 0.15) is 51.2 Å². The molecule has 0 aliphatic heterocycles. The first-order valence-corrected chi connectivity index (χ1v) is 7.47. The second-order valence-corrected chi connectivity index (χ2v) is 6.32.